The predicted octanol–water partition coefficient (Wildman–Crippen LogP) is 15.6. The molecule has 4 nitrogen and oxygen atoms in total. The molecule has 1 spiro atoms. The Hall–Kier alpha value is -7.82. The van der Waals surface area contributed by atoms with Gasteiger partial charge >= 0.3 is 0 Å². The van der Waals surface area contributed by atoms with Gasteiger partial charge in [0.05, 0.1) is 28.2 Å². The van der Waals surface area contributed by atoms with Crippen molar-refractivity contribution in [3.05, 3.63) is 228 Å². The molecule has 2 aliphatic carbocycles. The molecule has 10 aromatic rings. The summed E-state index contributed by atoms with van der Waals surface area (Å²) in [6.07, 6.45) is 0. The zero-order chi connectivity index (χ0) is 40.9. The van der Waals surface area contributed by atoms with Crippen molar-refractivity contribution in [2.75, 3.05) is 9.80 Å². The number of benzene rings is 9. The van der Waals surface area contributed by atoms with E-state index in [0.717, 1.165) is 67.6 Å². The topological polar surface area (TPSA) is 28.9 Å². The van der Waals surface area contributed by atoms with E-state index in [1.807, 2.05) is 0 Å². The van der Waals surface area contributed by atoms with E-state index in [-0.39, 0.29) is 5.41 Å². The molecule has 0 amide bonds. The molecule has 0 fully saturated rings. The first kappa shape index (κ1) is 34.0. The molecule has 292 valence electrons. The third-order valence-electron chi connectivity index (χ3n) is 14.2. The lowest BCUT2D eigenvalue weighted by Crippen LogP contribution is -2.37. The van der Waals surface area contributed by atoms with Gasteiger partial charge in [-0.3, -0.25) is 0 Å². The maximum absolute atomic E-state index is 6.87. The minimum atomic E-state index is -0.644. The molecule has 0 bridgehead atoms. The van der Waals surface area contributed by atoms with Crippen LogP contribution in [-0.4, -0.2) is 0 Å². The molecule has 0 N–H and O–H groups in total. The first-order valence-corrected chi connectivity index (χ1v) is 21.5. The molecule has 4 aliphatic rings. The van der Waals surface area contributed by atoms with E-state index in [1.54, 1.807) is 0 Å². The van der Waals surface area contributed by atoms with Crippen molar-refractivity contribution >= 4 is 56.1 Å². The number of fused-ring (bicyclic) bond motifs is 17. The number of anilines is 6. The van der Waals surface area contributed by atoms with Crippen LogP contribution in [0.5, 0.6) is 11.5 Å². The van der Waals surface area contributed by atoms with Gasteiger partial charge in [-0.2, -0.15) is 0 Å². The van der Waals surface area contributed by atoms with Gasteiger partial charge in [0.2, 0.25) is 0 Å². The van der Waals surface area contributed by atoms with Crippen LogP contribution in [0.3, 0.4) is 0 Å². The lowest BCUT2D eigenvalue weighted by Gasteiger charge is -2.47. The zero-order valence-electron chi connectivity index (χ0n) is 34.2. The summed E-state index contributed by atoms with van der Waals surface area (Å²) < 4.78 is 13.6. The second kappa shape index (κ2) is 11.9. The highest BCUT2D eigenvalue weighted by atomic mass is 16.5. The fourth-order valence-corrected chi connectivity index (χ4v) is 11.6. The molecule has 62 heavy (non-hydrogen) atoms. The minimum absolute atomic E-state index is 0.179. The van der Waals surface area contributed by atoms with Crippen LogP contribution in [0.4, 0.5) is 34.1 Å². The highest BCUT2D eigenvalue weighted by Gasteiger charge is 2.53. The Labute approximate surface area is 359 Å². The lowest BCUT2D eigenvalue weighted by molar-refractivity contribution is 0.473. The third-order valence-corrected chi connectivity index (χ3v) is 14.2. The Morgan fingerprint density at radius 1 is 0.435 bits per heavy atom. The molecule has 14 rings (SSSR count). The summed E-state index contributed by atoms with van der Waals surface area (Å²) in [5, 5.41) is 2.20. The highest BCUT2D eigenvalue weighted by molar-refractivity contribution is 6.10. The van der Waals surface area contributed by atoms with Gasteiger partial charge in [0, 0.05) is 27.6 Å². The summed E-state index contributed by atoms with van der Waals surface area (Å²) in [6.45, 7) is 4.71. The second-order valence-corrected chi connectivity index (χ2v) is 17.6. The number of rotatable bonds is 3. The molecule has 2 aliphatic heterocycles. The van der Waals surface area contributed by atoms with Gasteiger partial charge in [0.25, 0.3) is 0 Å². The number of hydrogen-bond donors (Lipinski definition) is 0. The second-order valence-electron chi connectivity index (χ2n) is 17.6. The first-order valence-electron chi connectivity index (χ1n) is 21.5. The van der Waals surface area contributed by atoms with Crippen LogP contribution in [0.2, 0.25) is 0 Å². The van der Waals surface area contributed by atoms with Crippen LogP contribution in [0.25, 0.3) is 44.2 Å². The smallest absolute Gasteiger partial charge is 0.159 e. The quantitative estimate of drug-likeness (QED) is 0.178. The predicted molar refractivity (Wildman–Crippen MR) is 252 cm³/mol. The number of ether oxygens (including phenoxy) is 1. The van der Waals surface area contributed by atoms with Crippen LogP contribution < -0.4 is 14.5 Å². The average Bonchev–Trinajstić information content (AvgIpc) is 3.92. The Morgan fingerprint density at radius 3 is 1.82 bits per heavy atom. The number of para-hydroxylation sites is 5. The van der Waals surface area contributed by atoms with Crippen LogP contribution in [-0.2, 0) is 10.8 Å². The third kappa shape index (κ3) is 4.16. The standard InChI is InChI=1S/C58H38N2O2/c1-57(2)43-20-7-3-15-37(43)40-31-29-35(33-47(40)57)59(51-25-13-19-42-41-18-6-11-26-52(41)62-56(42)51)36-30-32-49-48(34-36)58(44-21-8-4-16-38(44)39-17-5-9-22-45(39)58)46-23-14-28-54-55(46)60(49)50-24-10-12-27-53(50)61-54/h3-34H,1-2H3. The molecule has 9 aromatic carbocycles. The van der Waals surface area contributed by atoms with Crippen molar-refractivity contribution in [2.45, 2.75) is 24.7 Å². The number of hydrogen-bond acceptors (Lipinski definition) is 4. The molecule has 1 aromatic heterocycles. The normalized spacial score (nSPS) is 15.0. The van der Waals surface area contributed by atoms with E-state index in [1.165, 1.54) is 55.6 Å². The fourth-order valence-electron chi connectivity index (χ4n) is 11.6. The van der Waals surface area contributed by atoms with Crippen LogP contribution >= 0.6 is 0 Å². The summed E-state index contributed by atoms with van der Waals surface area (Å²) in [5.41, 5.74) is 20.0. The summed E-state index contributed by atoms with van der Waals surface area (Å²) in [5.74, 6) is 1.70. The summed E-state index contributed by atoms with van der Waals surface area (Å²) in [6, 6.07) is 71.0. The van der Waals surface area contributed by atoms with Crippen LogP contribution in [0.1, 0.15) is 47.2 Å². The molecule has 0 radical (unpaired) electrons. The van der Waals surface area contributed by atoms with Crippen LogP contribution in [0, 0.1) is 0 Å². The fraction of sp³-hybridized carbons (Fsp3) is 0.0690. The molecular formula is C58H38N2O2. The van der Waals surface area contributed by atoms with Crippen molar-refractivity contribution in [3.8, 4) is 33.8 Å². The van der Waals surface area contributed by atoms with E-state index >= 15 is 0 Å². The number of furan rings is 1. The van der Waals surface area contributed by atoms with E-state index < -0.39 is 5.41 Å². The van der Waals surface area contributed by atoms with Crippen molar-refractivity contribution in [1.82, 2.24) is 0 Å². The van der Waals surface area contributed by atoms with Crippen molar-refractivity contribution < 1.29 is 9.15 Å². The van der Waals surface area contributed by atoms with E-state index in [9.17, 15) is 0 Å². The minimum Gasteiger partial charge on any atom is -0.454 e. The van der Waals surface area contributed by atoms with Gasteiger partial charge in [-0.05, 0) is 116 Å². The maximum atomic E-state index is 6.87. The first-order chi connectivity index (χ1) is 30.5. The van der Waals surface area contributed by atoms with Gasteiger partial charge in [0.15, 0.2) is 17.1 Å². The monoisotopic (exact) mass is 794 g/mol. The van der Waals surface area contributed by atoms with Gasteiger partial charge in [-0.15, -0.1) is 0 Å². The van der Waals surface area contributed by atoms with E-state index in [2.05, 4.69) is 218 Å². The Bertz CT molecular complexity index is 3530. The molecular weight excluding hydrogens is 757 g/mol. The Kier molecular flexibility index (Phi) is 6.53. The molecule has 3 heterocycles. The van der Waals surface area contributed by atoms with Gasteiger partial charge in [-0.25, -0.2) is 0 Å². The Morgan fingerprint density at radius 2 is 1.02 bits per heavy atom. The molecule has 4 heteroatoms. The number of nitrogens with zero attached hydrogens (tertiary/aromatic N) is 2. The molecule has 0 saturated heterocycles. The summed E-state index contributed by atoms with van der Waals surface area (Å²) in [7, 11) is 0. The largest absolute Gasteiger partial charge is 0.454 e. The zero-order valence-corrected chi connectivity index (χ0v) is 34.2. The SMILES string of the molecule is CC1(C)c2ccccc2-c2ccc(N(c3ccc4c(c3)C3(c5ccccc5-c5ccccc53)c3cccc5c3N4c3ccccc3O5)c3cccc4c3oc3ccccc34)cc21. The van der Waals surface area contributed by atoms with E-state index in [0.29, 0.717) is 0 Å². The van der Waals surface area contributed by atoms with Crippen LogP contribution in [0.15, 0.2) is 199 Å². The van der Waals surface area contributed by atoms with Gasteiger partial charge < -0.3 is 19.0 Å². The molecule has 0 saturated carbocycles. The summed E-state index contributed by atoms with van der Waals surface area (Å²) >= 11 is 0. The average molecular weight is 795 g/mol. The van der Waals surface area contributed by atoms with Crippen molar-refractivity contribution in [2.24, 2.45) is 0 Å². The molecule has 0 atom stereocenters. The Balaban J connectivity index is 1.09. The maximum Gasteiger partial charge on any atom is 0.159 e. The molecule has 0 unspecified atom stereocenters. The van der Waals surface area contributed by atoms with Crippen molar-refractivity contribution in [3.63, 3.8) is 0 Å². The van der Waals surface area contributed by atoms with E-state index in [4.69, 9.17) is 9.15 Å². The highest BCUT2D eigenvalue weighted by Crippen LogP contribution is 2.67. The lowest BCUT2D eigenvalue weighted by atomic mass is 9.64. The summed E-state index contributed by atoms with van der Waals surface area (Å²) in [4.78, 5) is 4.88. The van der Waals surface area contributed by atoms with Crippen molar-refractivity contribution in [1.29, 1.82) is 0 Å². The van der Waals surface area contributed by atoms with Gasteiger partial charge in [0.1, 0.15) is 5.58 Å². The van der Waals surface area contributed by atoms with Gasteiger partial charge in [-0.1, -0.05) is 147 Å².